The SMILES string of the molecule is CCCOc1ccc(/C(O)=C2/C(=O)C(=O)N(Cc3cccnc3)C2c2cccc(C)c2)cc1. The molecule has 1 fully saturated rings. The Morgan fingerprint density at radius 1 is 1.09 bits per heavy atom. The Balaban J connectivity index is 1.79. The van der Waals surface area contributed by atoms with Gasteiger partial charge in [0.15, 0.2) is 0 Å². The average molecular weight is 443 g/mol. The van der Waals surface area contributed by atoms with Crippen LogP contribution in [0.3, 0.4) is 0 Å². The Labute approximate surface area is 193 Å². The monoisotopic (exact) mass is 442 g/mol. The molecule has 2 heterocycles. The van der Waals surface area contributed by atoms with Gasteiger partial charge >= 0.3 is 0 Å². The molecule has 1 aliphatic heterocycles. The van der Waals surface area contributed by atoms with Crippen LogP contribution in [0.1, 0.15) is 41.6 Å². The maximum atomic E-state index is 13.1. The van der Waals surface area contributed by atoms with Crippen molar-refractivity contribution in [1.82, 2.24) is 9.88 Å². The lowest BCUT2D eigenvalue weighted by Gasteiger charge is -2.25. The number of hydrogen-bond acceptors (Lipinski definition) is 5. The molecule has 4 rings (SSSR count). The molecule has 2 aromatic carbocycles. The molecule has 168 valence electrons. The molecule has 0 aliphatic carbocycles. The third-order valence-corrected chi connectivity index (χ3v) is 5.57. The summed E-state index contributed by atoms with van der Waals surface area (Å²) in [7, 11) is 0. The smallest absolute Gasteiger partial charge is 0.295 e. The lowest BCUT2D eigenvalue weighted by atomic mass is 9.94. The van der Waals surface area contributed by atoms with E-state index in [0.29, 0.717) is 17.9 Å². The predicted molar refractivity (Wildman–Crippen MR) is 125 cm³/mol. The molecular weight excluding hydrogens is 416 g/mol. The lowest BCUT2D eigenvalue weighted by Crippen LogP contribution is -2.29. The number of ketones is 1. The molecular formula is C27H26N2O4. The first-order valence-corrected chi connectivity index (χ1v) is 11.0. The number of ether oxygens (including phenoxy) is 1. The normalized spacial score (nSPS) is 17.4. The number of aryl methyl sites for hydroxylation is 1. The van der Waals surface area contributed by atoms with Crippen LogP contribution in [-0.4, -0.2) is 33.3 Å². The number of aliphatic hydroxyl groups excluding tert-OH is 1. The van der Waals surface area contributed by atoms with Gasteiger partial charge in [-0.05, 0) is 54.8 Å². The van der Waals surface area contributed by atoms with Crippen LogP contribution in [0.15, 0.2) is 78.6 Å². The van der Waals surface area contributed by atoms with Gasteiger partial charge in [-0.3, -0.25) is 14.6 Å². The molecule has 1 saturated heterocycles. The van der Waals surface area contributed by atoms with Crippen molar-refractivity contribution in [2.45, 2.75) is 32.9 Å². The van der Waals surface area contributed by atoms with Crippen LogP contribution in [-0.2, 0) is 16.1 Å². The maximum Gasteiger partial charge on any atom is 0.295 e. The predicted octanol–water partition coefficient (Wildman–Crippen LogP) is 4.80. The minimum atomic E-state index is -0.707. The Hall–Kier alpha value is -3.93. The minimum absolute atomic E-state index is 0.0803. The zero-order chi connectivity index (χ0) is 23.4. The Kier molecular flexibility index (Phi) is 6.54. The number of Topliss-reactive ketones (excluding diaryl/α,β-unsaturated/α-hetero) is 1. The number of pyridine rings is 1. The van der Waals surface area contributed by atoms with Crippen LogP contribution < -0.4 is 4.74 Å². The van der Waals surface area contributed by atoms with Crippen molar-refractivity contribution in [1.29, 1.82) is 0 Å². The molecule has 1 aromatic heterocycles. The van der Waals surface area contributed by atoms with Crippen molar-refractivity contribution >= 4 is 17.4 Å². The molecule has 1 unspecified atom stereocenters. The summed E-state index contributed by atoms with van der Waals surface area (Å²) in [6.07, 6.45) is 4.21. The van der Waals surface area contributed by atoms with Gasteiger partial charge in [-0.2, -0.15) is 0 Å². The second-order valence-corrected chi connectivity index (χ2v) is 8.08. The van der Waals surface area contributed by atoms with E-state index >= 15 is 0 Å². The highest BCUT2D eigenvalue weighted by atomic mass is 16.5. The number of benzene rings is 2. The molecule has 33 heavy (non-hydrogen) atoms. The second kappa shape index (κ2) is 9.69. The zero-order valence-electron chi connectivity index (χ0n) is 18.7. The van der Waals surface area contributed by atoms with E-state index in [-0.39, 0.29) is 17.9 Å². The van der Waals surface area contributed by atoms with Crippen LogP contribution in [0.4, 0.5) is 0 Å². The molecule has 1 aliphatic rings. The van der Waals surface area contributed by atoms with Crippen LogP contribution in [0.5, 0.6) is 5.75 Å². The van der Waals surface area contributed by atoms with Gasteiger partial charge in [0.05, 0.1) is 18.2 Å². The van der Waals surface area contributed by atoms with Gasteiger partial charge in [-0.15, -0.1) is 0 Å². The molecule has 1 atom stereocenters. The first-order valence-electron chi connectivity index (χ1n) is 11.0. The Morgan fingerprint density at radius 2 is 1.88 bits per heavy atom. The lowest BCUT2D eigenvalue weighted by molar-refractivity contribution is -0.140. The zero-order valence-corrected chi connectivity index (χ0v) is 18.7. The van der Waals surface area contributed by atoms with Crippen LogP contribution in [0.2, 0.25) is 0 Å². The summed E-state index contributed by atoms with van der Waals surface area (Å²) in [6.45, 7) is 4.78. The number of likely N-dealkylation sites (tertiary alicyclic amines) is 1. The number of rotatable bonds is 7. The van der Waals surface area contributed by atoms with Crippen molar-refractivity contribution in [2.24, 2.45) is 0 Å². The van der Waals surface area contributed by atoms with Gasteiger partial charge in [0, 0.05) is 24.5 Å². The standard InChI is InChI=1S/C27H26N2O4/c1-3-14-33-22-11-9-20(10-12-22)25(30)23-24(21-8-4-6-18(2)15-21)29(27(32)26(23)31)17-19-7-5-13-28-16-19/h4-13,15-16,24,30H,3,14,17H2,1-2H3/b25-23-. The third-order valence-electron chi connectivity index (χ3n) is 5.57. The fraction of sp³-hybridized carbons (Fsp3) is 0.222. The average Bonchev–Trinajstić information content (AvgIpc) is 3.08. The van der Waals surface area contributed by atoms with Gasteiger partial charge in [0.25, 0.3) is 11.7 Å². The molecule has 1 amide bonds. The number of hydrogen-bond donors (Lipinski definition) is 1. The number of amides is 1. The van der Waals surface area contributed by atoms with Crippen molar-refractivity contribution in [2.75, 3.05) is 6.61 Å². The van der Waals surface area contributed by atoms with Crippen molar-refractivity contribution in [3.05, 3.63) is 101 Å². The summed E-state index contributed by atoms with van der Waals surface area (Å²) in [4.78, 5) is 31.9. The number of carbonyl (C=O) groups is 2. The summed E-state index contributed by atoms with van der Waals surface area (Å²) in [5, 5.41) is 11.2. The van der Waals surface area contributed by atoms with E-state index in [4.69, 9.17) is 4.74 Å². The number of carbonyl (C=O) groups excluding carboxylic acids is 2. The largest absolute Gasteiger partial charge is 0.507 e. The summed E-state index contributed by atoms with van der Waals surface area (Å²) in [6, 6.07) is 17.5. The number of aromatic nitrogens is 1. The molecule has 0 bridgehead atoms. The molecule has 0 saturated carbocycles. The number of nitrogens with zero attached hydrogens (tertiary/aromatic N) is 2. The van der Waals surface area contributed by atoms with Gasteiger partial charge in [-0.1, -0.05) is 42.8 Å². The fourth-order valence-corrected chi connectivity index (χ4v) is 4.00. The van der Waals surface area contributed by atoms with E-state index in [1.165, 1.54) is 4.90 Å². The van der Waals surface area contributed by atoms with Crippen LogP contribution in [0.25, 0.3) is 5.76 Å². The first-order chi connectivity index (χ1) is 16.0. The van der Waals surface area contributed by atoms with Crippen molar-refractivity contribution in [3.8, 4) is 5.75 Å². The van der Waals surface area contributed by atoms with Crippen LogP contribution >= 0.6 is 0 Å². The van der Waals surface area contributed by atoms with Crippen molar-refractivity contribution < 1.29 is 19.4 Å². The second-order valence-electron chi connectivity index (χ2n) is 8.08. The van der Waals surface area contributed by atoms with E-state index in [1.54, 1.807) is 42.7 Å². The molecule has 1 N–H and O–H groups in total. The van der Waals surface area contributed by atoms with E-state index in [2.05, 4.69) is 4.98 Å². The maximum absolute atomic E-state index is 13.1. The topological polar surface area (TPSA) is 79.7 Å². The number of aliphatic hydroxyl groups is 1. The highest BCUT2D eigenvalue weighted by molar-refractivity contribution is 6.46. The fourth-order valence-electron chi connectivity index (χ4n) is 4.00. The van der Waals surface area contributed by atoms with Gasteiger partial charge < -0.3 is 14.7 Å². The summed E-state index contributed by atoms with van der Waals surface area (Å²) in [5.41, 5.74) is 3.10. The van der Waals surface area contributed by atoms with E-state index < -0.39 is 17.7 Å². The molecule has 3 aromatic rings. The van der Waals surface area contributed by atoms with Crippen LogP contribution in [0, 0.1) is 6.92 Å². The van der Waals surface area contributed by atoms with Crippen molar-refractivity contribution in [3.63, 3.8) is 0 Å². The molecule has 6 heteroatoms. The minimum Gasteiger partial charge on any atom is -0.507 e. The summed E-state index contributed by atoms with van der Waals surface area (Å²) >= 11 is 0. The third kappa shape index (κ3) is 4.65. The molecule has 0 radical (unpaired) electrons. The summed E-state index contributed by atoms with van der Waals surface area (Å²) in [5.74, 6) is -0.861. The Bertz CT molecular complexity index is 1190. The van der Waals surface area contributed by atoms with Gasteiger partial charge in [0.2, 0.25) is 0 Å². The summed E-state index contributed by atoms with van der Waals surface area (Å²) < 4.78 is 5.61. The molecule has 6 nitrogen and oxygen atoms in total. The highest BCUT2D eigenvalue weighted by Crippen LogP contribution is 2.40. The van der Waals surface area contributed by atoms with E-state index in [9.17, 15) is 14.7 Å². The van der Waals surface area contributed by atoms with Gasteiger partial charge in [0.1, 0.15) is 11.5 Å². The molecule has 0 spiro atoms. The van der Waals surface area contributed by atoms with E-state index in [0.717, 1.165) is 23.1 Å². The Morgan fingerprint density at radius 3 is 2.55 bits per heavy atom. The van der Waals surface area contributed by atoms with Gasteiger partial charge in [-0.25, -0.2) is 0 Å². The highest BCUT2D eigenvalue weighted by Gasteiger charge is 2.46. The quantitative estimate of drug-likeness (QED) is 0.323. The first kappa shape index (κ1) is 22.3. The van der Waals surface area contributed by atoms with E-state index in [1.807, 2.05) is 44.2 Å².